The van der Waals surface area contributed by atoms with E-state index in [-0.39, 0.29) is 17.1 Å². The molecule has 1 N–H and O–H groups in total. The molecule has 1 aliphatic heterocycles. The Morgan fingerprint density at radius 3 is 2.70 bits per heavy atom. The number of hydrogen-bond acceptors (Lipinski definition) is 7. The number of ether oxygens (including phenoxy) is 2. The molecule has 2 aromatic carbocycles. The first-order valence-corrected chi connectivity index (χ1v) is 11.3. The fourth-order valence-corrected chi connectivity index (χ4v) is 5.05. The standard InChI is InChI=1S/C25H24N2O5S/c1-5-32-20-12-16(10-11-18(20)29)13-21-24(30)27-23(17-8-6-7-9-19(17)31-4)22(15(3)28)14(2)26-25(27)33-21/h6-13,23,29H,5H2,1-4H3/b21-13-/t23-/m1/s1. The maximum atomic E-state index is 13.6. The number of aromatic nitrogens is 1. The number of methoxy groups -OCH3 is 1. The second-order valence-electron chi connectivity index (χ2n) is 7.54. The Kier molecular flexibility index (Phi) is 6.20. The van der Waals surface area contributed by atoms with Crippen LogP contribution in [0.4, 0.5) is 0 Å². The van der Waals surface area contributed by atoms with Crippen molar-refractivity contribution in [1.82, 2.24) is 4.57 Å². The number of hydrogen-bond donors (Lipinski definition) is 1. The number of rotatable bonds is 6. The Morgan fingerprint density at radius 2 is 2.00 bits per heavy atom. The van der Waals surface area contributed by atoms with Crippen LogP contribution in [0.3, 0.4) is 0 Å². The third-order valence-electron chi connectivity index (χ3n) is 5.42. The van der Waals surface area contributed by atoms with Crippen LogP contribution in [0.1, 0.15) is 37.9 Å². The number of phenolic OH excluding ortho intramolecular Hbond substituents is 1. The summed E-state index contributed by atoms with van der Waals surface area (Å²) in [4.78, 5) is 31.3. The summed E-state index contributed by atoms with van der Waals surface area (Å²) in [5.74, 6) is 0.820. The van der Waals surface area contributed by atoms with E-state index in [1.54, 1.807) is 36.8 Å². The number of Topliss-reactive ketones (excluding diaryl/α,β-unsaturated/α-hetero) is 1. The van der Waals surface area contributed by atoms with Crippen LogP contribution in [-0.2, 0) is 4.79 Å². The lowest BCUT2D eigenvalue weighted by Gasteiger charge is -2.25. The van der Waals surface area contributed by atoms with E-state index in [2.05, 4.69) is 4.99 Å². The molecule has 33 heavy (non-hydrogen) atoms. The molecule has 0 amide bonds. The maximum absolute atomic E-state index is 13.6. The van der Waals surface area contributed by atoms with Gasteiger partial charge in [0.25, 0.3) is 5.56 Å². The molecule has 2 heterocycles. The van der Waals surface area contributed by atoms with E-state index in [1.807, 2.05) is 31.2 Å². The molecule has 0 aliphatic carbocycles. The number of nitrogens with zero attached hydrogens (tertiary/aromatic N) is 2. The highest BCUT2D eigenvalue weighted by molar-refractivity contribution is 7.07. The highest BCUT2D eigenvalue weighted by atomic mass is 32.1. The second kappa shape index (κ2) is 9.07. The van der Waals surface area contributed by atoms with E-state index in [0.717, 1.165) is 5.56 Å². The third-order valence-corrected chi connectivity index (χ3v) is 6.40. The minimum atomic E-state index is -0.643. The molecule has 0 saturated heterocycles. The lowest BCUT2D eigenvalue weighted by atomic mass is 9.93. The zero-order valence-corrected chi connectivity index (χ0v) is 19.6. The van der Waals surface area contributed by atoms with E-state index in [0.29, 0.717) is 44.3 Å². The van der Waals surface area contributed by atoms with Crippen molar-refractivity contribution in [3.05, 3.63) is 84.5 Å². The molecule has 0 radical (unpaired) electrons. The number of phenols is 1. The van der Waals surface area contributed by atoms with Gasteiger partial charge >= 0.3 is 0 Å². The van der Waals surface area contributed by atoms with Crippen molar-refractivity contribution in [2.24, 2.45) is 4.99 Å². The molecule has 4 rings (SSSR count). The molecule has 3 aromatic rings. The summed E-state index contributed by atoms with van der Waals surface area (Å²) in [5.41, 5.74) is 2.21. The zero-order chi connectivity index (χ0) is 23.7. The topological polar surface area (TPSA) is 90.1 Å². The van der Waals surface area contributed by atoms with Gasteiger partial charge in [0.2, 0.25) is 0 Å². The predicted octanol–water partition coefficient (Wildman–Crippen LogP) is 2.94. The number of fused-ring (bicyclic) bond motifs is 1. The number of aromatic hydroxyl groups is 1. The van der Waals surface area contributed by atoms with E-state index in [4.69, 9.17) is 9.47 Å². The average Bonchev–Trinajstić information content (AvgIpc) is 3.09. The average molecular weight is 465 g/mol. The summed E-state index contributed by atoms with van der Waals surface area (Å²) in [6, 6.07) is 11.6. The van der Waals surface area contributed by atoms with Gasteiger partial charge in [0.05, 0.1) is 24.3 Å². The van der Waals surface area contributed by atoms with E-state index in [9.17, 15) is 14.7 Å². The van der Waals surface area contributed by atoms with E-state index in [1.165, 1.54) is 24.3 Å². The Labute approximate surface area is 194 Å². The number of allylic oxidation sites excluding steroid dienone is 2. The van der Waals surface area contributed by atoms with Crippen molar-refractivity contribution in [1.29, 1.82) is 0 Å². The zero-order valence-electron chi connectivity index (χ0n) is 18.8. The van der Waals surface area contributed by atoms with Gasteiger partial charge in [0.1, 0.15) is 5.75 Å². The Bertz CT molecular complexity index is 1450. The van der Waals surface area contributed by atoms with Crippen LogP contribution in [0.15, 0.2) is 63.5 Å². The minimum absolute atomic E-state index is 0.0355. The normalized spacial score (nSPS) is 15.8. The number of thiazole rings is 1. The van der Waals surface area contributed by atoms with Crippen LogP contribution in [-0.4, -0.2) is 29.2 Å². The Balaban J connectivity index is 1.96. The first-order valence-electron chi connectivity index (χ1n) is 10.5. The van der Waals surface area contributed by atoms with Gasteiger partial charge in [0, 0.05) is 16.8 Å². The van der Waals surface area contributed by atoms with Gasteiger partial charge in [-0.1, -0.05) is 35.6 Å². The SMILES string of the molecule is CCOc1cc(/C=c2\sc3n(c2=O)[C@H](c2ccccc2OC)C(C(C)=O)=C(C)N=3)ccc1O. The van der Waals surface area contributed by atoms with E-state index >= 15 is 0 Å². The molecule has 0 unspecified atom stereocenters. The van der Waals surface area contributed by atoms with Crippen LogP contribution < -0.4 is 24.4 Å². The number of para-hydroxylation sites is 1. The second-order valence-corrected chi connectivity index (χ2v) is 8.55. The molecule has 0 bridgehead atoms. The number of carbonyl (C=O) groups is 1. The van der Waals surface area contributed by atoms with Crippen LogP contribution in [0.5, 0.6) is 17.2 Å². The van der Waals surface area contributed by atoms with Crippen molar-refractivity contribution >= 4 is 23.2 Å². The van der Waals surface area contributed by atoms with Gasteiger partial charge in [-0.05, 0) is 50.6 Å². The summed E-state index contributed by atoms with van der Waals surface area (Å²) < 4.78 is 13.0. The quantitative estimate of drug-likeness (QED) is 0.606. The fourth-order valence-electron chi connectivity index (χ4n) is 4.00. The molecule has 0 saturated carbocycles. The molecular formula is C25H24N2O5S. The highest BCUT2D eigenvalue weighted by Crippen LogP contribution is 2.35. The number of benzene rings is 2. The van der Waals surface area contributed by atoms with Crippen molar-refractivity contribution in [3.63, 3.8) is 0 Å². The number of ketones is 1. The minimum Gasteiger partial charge on any atom is -0.504 e. The Hall–Kier alpha value is -3.65. The van der Waals surface area contributed by atoms with Crippen LogP contribution in [0.25, 0.3) is 6.08 Å². The molecule has 7 nitrogen and oxygen atoms in total. The number of carbonyl (C=O) groups excluding carboxylic acids is 1. The summed E-state index contributed by atoms with van der Waals surface area (Å²) in [6.07, 6.45) is 1.73. The smallest absolute Gasteiger partial charge is 0.271 e. The molecule has 1 aromatic heterocycles. The van der Waals surface area contributed by atoms with Gasteiger partial charge < -0.3 is 14.6 Å². The lowest BCUT2D eigenvalue weighted by Crippen LogP contribution is -2.39. The van der Waals surface area contributed by atoms with Gasteiger partial charge in [-0.3, -0.25) is 14.2 Å². The van der Waals surface area contributed by atoms with Crippen LogP contribution in [0.2, 0.25) is 0 Å². The fraction of sp³-hybridized carbons (Fsp3) is 0.240. The van der Waals surface area contributed by atoms with Crippen molar-refractivity contribution < 1.29 is 19.4 Å². The lowest BCUT2D eigenvalue weighted by molar-refractivity contribution is -0.114. The summed E-state index contributed by atoms with van der Waals surface area (Å²) in [7, 11) is 1.56. The summed E-state index contributed by atoms with van der Waals surface area (Å²) in [5, 5.41) is 9.97. The molecule has 8 heteroatoms. The molecule has 0 spiro atoms. The third kappa shape index (κ3) is 4.09. The van der Waals surface area contributed by atoms with Crippen LogP contribution >= 0.6 is 11.3 Å². The first-order chi connectivity index (χ1) is 15.8. The maximum Gasteiger partial charge on any atom is 0.271 e. The van der Waals surface area contributed by atoms with Gasteiger partial charge in [-0.25, -0.2) is 4.99 Å². The van der Waals surface area contributed by atoms with Gasteiger partial charge in [-0.2, -0.15) is 0 Å². The largest absolute Gasteiger partial charge is 0.504 e. The molecule has 0 fully saturated rings. The predicted molar refractivity (Wildman–Crippen MR) is 127 cm³/mol. The van der Waals surface area contributed by atoms with Crippen LogP contribution in [0, 0.1) is 0 Å². The van der Waals surface area contributed by atoms with Crippen molar-refractivity contribution in [3.8, 4) is 17.2 Å². The van der Waals surface area contributed by atoms with Gasteiger partial charge in [-0.15, -0.1) is 0 Å². The molecule has 1 aliphatic rings. The Morgan fingerprint density at radius 1 is 1.24 bits per heavy atom. The summed E-state index contributed by atoms with van der Waals surface area (Å²) in [6.45, 7) is 5.50. The summed E-state index contributed by atoms with van der Waals surface area (Å²) >= 11 is 1.25. The van der Waals surface area contributed by atoms with Crippen molar-refractivity contribution in [2.75, 3.05) is 13.7 Å². The molecule has 1 atom stereocenters. The highest BCUT2D eigenvalue weighted by Gasteiger charge is 2.32. The monoisotopic (exact) mass is 464 g/mol. The van der Waals surface area contributed by atoms with E-state index < -0.39 is 6.04 Å². The van der Waals surface area contributed by atoms with Gasteiger partial charge in [0.15, 0.2) is 22.1 Å². The van der Waals surface area contributed by atoms with Crippen molar-refractivity contribution in [2.45, 2.75) is 26.8 Å². The molecule has 170 valence electrons. The first kappa shape index (κ1) is 22.5. The molecular weight excluding hydrogens is 440 g/mol.